The number of amides is 1. The number of rotatable bonds is 6. The molecule has 0 spiro atoms. The second-order valence-electron chi connectivity index (χ2n) is 6.76. The number of anilines is 2. The number of para-hydroxylation sites is 1. The molecular weight excluding hydrogens is 368 g/mol. The summed E-state index contributed by atoms with van der Waals surface area (Å²) in [5.74, 6) is 1.81. The summed E-state index contributed by atoms with van der Waals surface area (Å²) in [5.41, 5.74) is 4.25. The van der Waals surface area contributed by atoms with Gasteiger partial charge in [0.1, 0.15) is 5.82 Å². The Morgan fingerprint density at radius 1 is 1.07 bits per heavy atom. The number of carbonyl (C=O) groups excluding carboxylic acids is 1. The molecule has 1 amide bonds. The van der Waals surface area contributed by atoms with Crippen LogP contribution in [0.4, 0.5) is 11.5 Å². The van der Waals surface area contributed by atoms with Gasteiger partial charge in [0.25, 0.3) is 5.91 Å². The van der Waals surface area contributed by atoms with Gasteiger partial charge in [0.15, 0.2) is 17.2 Å². The second-order valence-corrected chi connectivity index (χ2v) is 6.76. The van der Waals surface area contributed by atoms with E-state index in [-0.39, 0.29) is 18.4 Å². The first kappa shape index (κ1) is 18.7. The van der Waals surface area contributed by atoms with Gasteiger partial charge in [-0.1, -0.05) is 31.2 Å². The molecule has 0 bridgehead atoms. The fourth-order valence-corrected chi connectivity index (χ4v) is 3.17. The van der Waals surface area contributed by atoms with E-state index in [2.05, 4.69) is 27.8 Å². The standard InChI is InChI=1S/C22H22N4O3/c1-3-16-6-4-5-14(2)21(16)24-22(27)17-8-10-20(26-25-17)23-12-15-7-9-18-19(11-15)29-13-28-18/h4-11H,3,12-13H2,1-2H3,(H,23,26)(H,24,27). The van der Waals surface area contributed by atoms with E-state index >= 15 is 0 Å². The number of aromatic nitrogens is 2. The largest absolute Gasteiger partial charge is 0.454 e. The Labute approximate surface area is 169 Å². The molecule has 0 aliphatic carbocycles. The topological polar surface area (TPSA) is 85.4 Å². The van der Waals surface area contributed by atoms with Gasteiger partial charge in [0.2, 0.25) is 6.79 Å². The van der Waals surface area contributed by atoms with Gasteiger partial charge in [0, 0.05) is 12.2 Å². The monoisotopic (exact) mass is 390 g/mol. The molecule has 29 heavy (non-hydrogen) atoms. The maximum atomic E-state index is 12.6. The molecule has 1 aliphatic rings. The van der Waals surface area contributed by atoms with Crippen molar-refractivity contribution in [1.82, 2.24) is 10.2 Å². The van der Waals surface area contributed by atoms with Gasteiger partial charge in [-0.2, -0.15) is 0 Å². The lowest BCUT2D eigenvalue weighted by molar-refractivity contribution is 0.102. The van der Waals surface area contributed by atoms with Gasteiger partial charge in [0.05, 0.1) is 0 Å². The van der Waals surface area contributed by atoms with Crippen LogP contribution in [0.5, 0.6) is 11.5 Å². The number of nitrogens with one attached hydrogen (secondary N) is 2. The normalized spacial score (nSPS) is 11.9. The predicted octanol–water partition coefficient (Wildman–Crippen LogP) is 3.94. The molecule has 1 aromatic heterocycles. The molecule has 0 saturated heterocycles. The van der Waals surface area contributed by atoms with Crippen molar-refractivity contribution in [3.63, 3.8) is 0 Å². The van der Waals surface area contributed by atoms with Crippen molar-refractivity contribution >= 4 is 17.4 Å². The van der Waals surface area contributed by atoms with Crippen LogP contribution in [0.1, 0.15) is 34.1 Å². The lowest BCUT2D eigenvalue weighted by Crippen LogP contribution is -2.16. The molecule has 1 aliphatic heterocycles. The van der Waals surface area contributed by atoms with Crippen molar-refractivity contribution in [2.24, 2.45) is 0 Å². The van der Waals surface area contributed by atoms with E-state index < -0.39 is 0 Å². The predicted molar refractivity (Wildman–Crippen MR) is 110 cm³/mol. The summed E-state index contributed by atoms with van der Waals surface area (Å²) in [7, 11) is 0. The first-order valence-electron chi connectivity index (χ1n) is 9.50. The summed E-state index contributed by atoms with van der Waals surface area (Å²) >= 11 is 0. The summed E-state index contributed by atoms with van der Waals surface area (Å²) in [6, 6.07) is 15.2. The SMILES string of the molecule is CCc1cccc(C)c1NC(=O)c1ccc(NCc2ccc3c(c2)OCO3)nn1. The Bertz CT molecular complexity index is 1030. The van der Waals surface area contributed by atoms with E-state index in [4.69, 9.17) is 9.47 Å². The summed E-state index contributed by atoms with van der Waals surface area (Å²) < 4.78 is 10.7. The van der Waals surface area contributed by atoms with Gasteiger partial charge < -0.3 is 20.1 Å². The van der Waals surface area contributed by atoms with Crippen LogP contribution < -0.4 is 20.1 Å². The molecule has 0 fully saturated rings. The number of hydrogen-bond donors (Lipinski definition) is 2. The van der Waals surface area contributed by atoms with Crippen LogP contribution in [0.2, 0.25) is 0 Å². The zero-order valence-corrected chi connectivity index (χ0v) is 16.4. The Morgan fingerprint density at radius 3 is 2.72 bits per heavy atom. The smallest absolute Gasteiger partial charge is 0.276 e. The Hall–Kier alpha value is -3.61. The molecule has 0 unspecified atom stereocenters. The molecule has 0 radical (unpaired) electrons. The lowest BCUT2D eigenvalue weighted by Gasteiger charge is -2.12. The zero-order chi connectivity index (χ0) is 20.2. The first-order valence-corrected chi connectivity index (χ1v) is 9.50. The molecule has 4 rings (SSSR count). The summed E-state index contributed by atoms with van der Waals surface area (Å²) in [6.45, 7) is 4.85. The van der Waals surface area contributed by atoms with Crippen molar-refractivity contribution in [3.8, 4) is 11.5 Å². The van der Waals surface area contributed by atoms with Crippen molar-refractivity contribution in [1.29, 1.82) is 0 Å². The molecule has 7 nitrogen and oxygen atoms in total. The van der Waals surface area contributed by atoms with E-state index in [9.17, 15) is 4.79 Å². The van der Waals surface area contributed by atoms with Crippen LogP contribution in [0.15, 0.2) is 48.5 Å². The van der Waals surface area contributed by atoms with Gasteiger partial charge in [-0.25, -0.2) is 0 Å². The highest BCUT2D eigenvalue weighted by atomic mass is 16.7. The van der Waals surface area contributed by atoms with E-state index in [1.807, 2.05) is 43.3 Å². The van der Waals surface area contributed by atoms with Crippen LogP contribution in [0.25, 0.3) is 0 Å². The third kappa shape index (κ3) is 4.13. The summed E-state index contributed by atoms with van der Waals surface area (Å²) in [5, 5.41) is 14.3. The fourth-order valence-electron chi connectivity index (χ4n) is 3.17. The molecule has 3 aromatic rings. The van der Waals surface area contributed by atoms with Crippen LogP contribution in [-0.4, -0.2) is 22.9 Å². The maximum Gasteiger partial charge on any atom is 0.276 e. The van der Waals surface area contributed by atoms with Gasteiger partial charge >= 0.3 is 0 Å². The van der Waals surface area contributed by atoms with Crippen molar-refractivity contribution in [2.45, 2.75) is 26.8 Å². The summed E-state index contributed by atoms with van der Waals surface area (Å²) in [4.78, 5) is 12.6. The van der Waals surface area contributed by atoms with Gasteiger partial charge in [-0.3, -0.25) is 4.79 Å². The number of ether oxygens (including phenoxy) is 2. The molecule has 0 atom stereocenters. The number of benzene rings is 2. The molecular formula is C22H22N4O3. The second kappa shape index (κ2) is 8.18. The molecule has 7 heteroatoms. The van der Waals surface area contributed by atoms with E-state index in [0.717, 1.165) is 40.3 Å². The molecule has 0 saturated carbocycles. The highest BCUT2D eigenvalue weighted by Crippen LogP contribution is 2.32. The maximum absolute atomic E-state index is 12.6. The Morgan fingerprint density at radius 2 is 1.93 bits per heavy atom. The minimum atomic E-state index is -0.274. The van der Waals surface area contributed by atoms with Crippen LogP contribution >= 0.6 is 0 Å². The highest BCUT2D eigenvalue weighted by molar-refractivity contribution is 6.03. The third-order valence-corrected chi connectivity index (χ3v) is 4.79. The minimum Gasteiger partial charge on any atom is -0.454 e. The number of carbonyl (C=O) groups is 1. The van der Waals surface area contributed by atoms with Gasteiger partial charge in [-0.05, 0) is 54.3 Å². The van der Waals surface area contributed by atoms with E-state index in [1.165, 1.54) is 0 Å². The average Bonchev–Trinajstić information content (AvgIpc) is 3.22. The van der Waals surface area contributed by atoms with Crippen LogP contribution in [0, 0.1) is 6.92 Å². The third-order valence-electron chi connectivity index (χ3n) is 4.79. The summed E-state index contributed by atoms with van der Waals surface area (Å²) in [6.07, 6.45) is 0.839. The fraction of sp³-hybridized carbons (Fsp3) is 0.227. The zero-order valence-electron chi connectivity index (χ0n) is 16.4. The number of fused-ring (bicyclic) bond motifs is 1. The van der Waals surface area contributed by atoms with E-state index in [1.54, 1.807) is 12.1 Å². The van der Waals surface area contributed by atoms with Crippen LogP contribution in [0.3, 0.4) is 0 Å². The molecule has 2 heterocycles. The minimum absolute atomic E-state index is 0.253. The number of aryl methyl sites for hydroxylation is 2. The first-order chi connectivity index (χ1) is 14.1. The van der Waals surface area contributed by atoms with Gasteiger partial charge in [-0.15, -0.1) is 10.2 Å². The molecule has 2 aromatic carbocycles. The van der Waals surface area contributed by atoms with Crippen molar-refractivity contribution in [3.05, 3.63) is 70.9 Å². The van der Waals surface area contributed by atoms with E-state index in [0.29, 0.717) is 12.4 Å². The Balaban J connectivity index is 1.39. The number of hydrogen-bond acceptors (Lipinski definition) is 6. The number of nitrogens with zero attached hydrogens (tertiary/aromatic N) is 2. The van der Waals surface area contributed by atoms with Crippen molar-refractivity contribution in [2.75, 3.05) is 17.4 Å². The quantitative estimate of drug-likeness (QED) is 0.663. The highest BCUT2D eigenvalue weighted by Gasteiger charge is 2.14. The lowest BCUT2D eigenvalue weighted by atomic mass is 10.1. The molecule has 2 N–H and O–H groups in total. The van der Waals surface area contributed by atoms with Crippen LogP contribution in [-0.2, 0) is 13.0 Å². The Kier molecular flexibility index (Phi) is 5.29. The average molecular weight is 390 g/mol. The molecule has 148 valence electrons. The van der Waals surface area contributed by atoms with Crippen molar-refractivity contribution < 1.29 is 14.3 Å².